The van der Waals surface area contributed by atoms with Crippen LogP contribution in [-0.2, 0) is 19.9 Å². The van der Waals surface area contributed by atoms with Gasteiger partial charge in [-0.15, -0.1) is 0 Å². The lowest BCUT2D eigenvalue weighted by atomic mass is 9.77. The minimum absolute atomic E-state index is 0.0495. The zero-order chi connectivity index (χ0) is 40.2. The van der Waals surface area contributed by atoms with E-state index in [0.717, 1.165) is 33.4 Å². The highest BCUT2D eigenvalue weighted by Crippen LogP contribution is 2.45. The molecule has 10 heteroatoms. The van der Waals surface area contributed by atoms with Gasteiger partial charge >= 0.3 is 5.97 Å². The third-order valence-corrected chi connectivity index (χ3v) is 11.1. The predicted octanol–water partition coefficient (Wildman–Crippen LogP) is 6.65. The number of rotatable bonds is 14. The molecule has 292 valence electrons. The molecule has 5 atom stereocenters. The van der Waals surface area contributed by atoms with E-state index in [1.54, 1.807) is 42.5 Å². The lowest BCUT2D eigenvalue weighted by Crippen LogP contribution is -2.65. The highest BCUT2D eigenvalue weighted by Gasteiger charge is 2.54. The van der Waals surface area contributed by atoms with Gasteiger partial charge in [-0.1, -0.05) is 122 Å². The van der Waals surface area contributed by atoms with Crippen molar-refractivity contribution in [2.24, 2.45) is 22.6 Å². The molecule has 0 bridgehead atoms. The van der Waals surface area contributed by atoms with Crippen LogP contribution in [0.3, 0.4) is 0 Å². The molecule has 0 fully saturated rings. The number of allylic oxidation sites excluding steroid dienone is 1. The first-order chi connectivity index (χ1) is 27.6. The van der Waals surface area contributed by atoms with Crippen molar-refractivity contribution >= 4 is 11.9 Å². The Bertz CT molecular complexity index is 2250. The smallest absolute Gasteiger partial charge is 0.335 e. The Morgan fingerprint density at radius 1 is 0.807 bits per heavy atom. The van der Waals surface area contributed by atoms with Gasteiger partial charge in [-0.25, -0.2) is 4.79 Å². The fourth-order valence-electron chi connectivity index (χ4n) is 7.67. The van der Waals surface area contributed by atoms with Gasteiger partial charge in [0.25, 0.3) is 5.91 Å². The van der Waals surface area contributed by atoms with Crippen LogP contribution in [0, 0.1) is 5.41 Å². The third kappa shape index (κ3) is 7.67. The Hall–Kier alpha value is -6.20. The normalized spacial score (nSPS) is 18.5. The van der Waals surface area contributed by atoms with Crippen LogP contribution >= 0.6 is 0 Å². The van der Waals surface area contributed by atoms with E-state index < -0.39 is 35.1 Å². The maximum atomic E-state index is 14.9. The van der Waals surface area contributed by atoms with Crippen molar-refractivity contribution < 1.29 is 28.5 Å². The second-order valence-corrected chi connectivity index (χ2v) is 14.7. The van der Waals surface area contributed by atoms with E-state index in [9.17, 15) is 9.59 Å². The van der Waals surface area contributed by atoms with Gasteiger partial charge in [-0.2, -0.15) is 0 Å². The molecule has 2 aliphatic carbocycles. The number of carbonyl (C=O) groups is 2. The van der Waals surface area contributed by atoms with Gasteiger partial charge in [0, 0.05) is 23.0 Å². The number of hydrogen-bond acceptors (Lipinski definition) is 9. The predicted molar refractivity (Wildman–Crippen MR) is 220 cm³/mol. The first-order valence-electron chi connectivity index (χ1n) is 18.9. The van der Waals surface area contributed by atoms with Gasteiger partial charge in [-0.05, 0) is 64.1 Å². The quantitative estimate of drug-likeness (QED) is 0.0717. The molecule has 0 heterocycles. The molecule has 57 heavy (non-hydrogen) atoms. The first kappa shape index (κ1) is 39.1. The number of methoxy groups -OCH3 is 2. The van der Waals surface area contributed by atoms with Crippen LogP contribution in [0.2, 0.25) is 0 Å². The minimum Gasteiger partial charge on any atom is -0.497 e. The van der Waals surface area contributed by atoms with Gasteiger partial charge in [-0.3, -0.25) is 4.79 Å². The second kappa shape index (κ2) is 16.5. The summed E-state index contributed by atoms with van der Waals surface area (Å²) in [5.41, 5.74) is 24.0. The van der Waals surface area contributed by atoms with Gasteiger partial charge in [0.1, 0.15) is 23.9 Å². The molecule has 5 unspecified atom stereocenters. The lowest BCUT2D eigenvalue weighted by Gasteiger charge is -2.39. The van der Waals surface area contributed by atoms with E-state index in [1.807, 2.05) is 97.9 Å². The third-order valence-electron chi connectivity index (χ3n) is 11.1. The van der Waals surface area contributed by atoms with Crippen LogP contribution < -0.4 is 36.7 Å². The Labute approximate surface area is 333 Å². The Balaban J connectivity index is 1.23. The number of nitrogens with two attached hydrogens (primary N) is 3. The van der Waals surface area contributed by atoms with Crippen LogP contribution in [0.15, 0.2) is 151 Å². The monoisotopic (exact) mass is 764 g/mol. The molecular formula is C47H48N4O6. The number of carbonyl (C=O) groups excluding carboxylic acids is 2. The van der Waals surface area contributed by atoms with E-state index in [1.165, 1.54) is 14.2 Å². The second-order valence-electron chi connectivity index (χ2n) is 14.7. The molecule has 7 N–H and O–H groups in total. The Morgan fingerprint density at radius 3 is 2.02 bits per heavy atom. The minimum atomic E-state index is -2.27. The molecular weight excluding hydrogens is 717 g/mol. The number of amides is 1. The Kier molecular flexibility index (Phi) is 11.3. The number of para-hydroxylation sites is 1. The average molecular weight is 765 g/mol. The lowest BCUT2D eigenvalue weighted by molar-refractivity contribution is -0.159. The first-order valence-corrected chi connectivity index (χ1v) is 18.9. The summed E-state index contributed by atoms with van der Waals surface area (Å²) >= 11 is 0. The number of nitrogens with one attached hydrogen (secondary N) is 1. The summed E-state index contributed by atoms with van der Waals surface area (Å²) < 4.78 is 23.9. The SMILES string of the molecule is COc1ccc(C(N)(C(=O)OCC2c3ccccc3-c3ccccc32)C(Oc2ccccc2)C(=O)NC(N)C2(C)C=CC(C(N)c3ccccc3)=CC2)c(OC)c1. The molecule has 5 aromatic carbocycles. The summed E-state index contributed by atoms with van der Waals surface area (Å²) in [7, 11) is 2.96. The van der Waals surface area contributed by atoms with Crippen LogP contribution in [0.1, 0.15) is 47.6 Å². The van der Waals surface area contributed by atoms with E-state index in [-0.39, 0.29) is 29.9 Å². The average Bonchev–Trinajstić information content (AvgIpc) is 3.58. The Morgan fingerprint density at radius 2 is 1.42 bits per heavy atom. The van der Waals surface area contributed by atoms with Crippen molar-refractivity contribution in [1.82, 2.24) is 5.32 Å². The van der Waals surface area contributed by atoms with E-state index in [2.05, 4.69) is 17.4 Å². The molecule has 2 aliphatic rings. The molecule has 10 nitrogen and oxygen atoms in total. The summed E-state index contributed by atoms with van der Waals surface area (Å²) in [5.74, 6) is -0.960. The van der Waals surface area contributed by atoms with Crippen molar-refractivity contribution in [3.05, 3.63) is 173 Å². The van der Waals surface area contributed by atoms with Crippen molar-refractivity contribution in [2.45, 2.75) is 43.1 Å². The van der Waals surface area contributed by atoms with Crippen LogP contribution in [0.5, 0.6) is 17.2 Å². The number of ether oxygens (including phenoxy) is 4. The van der Waals surface area contributed by atoms with Gasteiger partial charge in [0.15, 0.2) is 5.54 Å². The fraction of sp³-hybridized carbons (Fsp3) is 0.234. The highest BCUT2D eigenvalue weighted by molar-refractivity contribution is 5.95. The highest BCUT2D eigenvalue weighted by atomic mass is 16.5. The van der Waals surface area contributed by atoms with Crippen molar-refractivity contribution in [1.29, 1.82) is 0 Å². The largest absolute Gasteiger partial charge is 0.497 e. The molecule has 5 aromatic rings. The standard InChI is InChI=1S/C47H48N4O6/c1-46(26-24-31(25-27-46)41(48)30-14-6-4-7-15-30)44(49)51-43(52)42(57-32-16-8-5-9-17-32)47(50,39-23-22-33(54-2)28-40(39)55-3)45(53)56-29-38-36-20-12-10-18-34(36)35-19-11-13-21-37(35)38/h4-26,28,38,41-42,44H,27,29,48-50H2,1-3H3,(H,51,52). The molecule has 1 amide bonds. The van der Waals surface area contributed by atoms with Crippen LogP contribution in [0.25, 0.3) is 11.1 Å². The summed E-state index contributed by atoms with van der Waals surface area (Å²) in [6, 6.07) is 39.0. The van der Waals surface area contributed by atoms with Crippen molar-refractivity contribution in [2.75, 3.05) is 20.8 Å². The maximum absolute atomic E-state index is 14.9. The number of fused-ring (bicyclic) bond motifs is 3. The molecule has 0 aliphatic heterocycles. The zero-order valence-corrected chi connectivity index (χ0v) is 32.3. The van der Waals surface area contributed by atoms with Gasteiger partial charge < -0.3 is 41.5 Å². The number of hydrogen-bond donors (Lipinski definition) is 4. The van der Waals surface area contributed by atoms with Crippen molar-refractivity contribution in [3.8, 4) is 28.4 Å². The molecule has 7 rings (SSSR count). The van der Waals surface area contributed by atoms with E-state index >= 15 is 0 Å². The van der Waals surface area contributed by atoms with E-state index in [0.29, 0.717) is 17.9 Å². The molecule has 0 saturated carbocycles. The molecule has 0 spiro atoms. The summed E-state index contributed by atoms with van der Waals surface area (Å²) in [5, 5.41) is 2.95. The van der Waals surface area contributed by atoms with Crippen molar-refractivity contribution in [3.63, 3.8) is 0 Å². The summed E-state index contributed by atoms with van der Waals surface area (Å²) in [6.07, 6.45) is 3.79. The summed E-state index contributed by atoms with van der Waals surface area (Å²) in [6.45, 7) is 1.89. The van der Waals surface area contributed by atoms with Gasteiger partial charge in [0.2, 0.25) is 6.10 Å². The topological polar surface area (TPSA) is 161 Å². The molecule has 0 saturated heterocycles. The van der Waals surface area contributed by atoms with Gasteiger partial charge in [0.05, 0.1) is 26.4 Å². The number of esters is 1. The molecule has 0 radical (unpaired) electrons. The molecule has 0 aromatic heterocycles. The summed E-state index contributed by atoms with van der Waals surface area (Å²) in [4.78, 5) is 29.7. The van der Waals surface area contributed by atoms with Crippen LogP contribution in [-0.4, -0.2) is 45.0 Å². The fourth-order valence-corrected chi connectivity index (χ4v) is 7.67. The number of benzene rings is 5. The van der Waals surface area contributed by atoms with E-state index in [4.69, 9.17) is 36.1 Å². The zero-order valence-electron chi connectivity index (χ0n) is 32.3. The van der Waals surface area contributed by atoms with Crippen LogP contribution in [0.4, 0.5) is 0 Å². The maximum Gasteiger partial charge on any atom is 0.335 e.